The minimum Gasteiger partial charge on any atom is -0.404 e. The number of hydrogen-bond acceptors (Lipinski definition) is 3. The number of benzene rings is 1. The molecule has 7 heteroatoms. The largest absolute Gasteiger partial charge is 0.573 e. The molecule has 0 saturated heterocycles. The SMILES string of the molecule is O=Cc1cccc(C(=O)Cl)c1OC(F)(F)F. The topological polar surface area (TPSA) is 43.4 Å². The molecule has 0 N–H and O–H groups in total. The smallest absolute Gasteiger partial charge is 0.404 e. The van der Waals surface area contributed by atoms with E-state index in [4.69, 9.17) is 11.6 Å². The molecule has 0 fully saturated rings. The van der Waals surface area contributed by atoms with E-state index >= 15 is 0 Å². The van der Waals surface area contributed by atoms with Gasteiger partial charge in [0.15, 0.2) is 12.0 Å². The Labute approximate surface area is 92.8 Å². The van der Waals surface area contributed by atoms with Gasteiger partial charge < -0.3 is 4.74 Å². The highest BCUT2D eigenvalue weighted by atomic mass is 35.5. The highest BCUT2D eigenvalue weighted by molar-refractivity contribution is 6.68. The highest BCUT2D eigenvalue weighted by Crippen LogP contribution is 2.30. The molecule has 0 aliphatic rings. The molecule has 0 spiro atoms. The third kappa shape index (κ3) is 2.96. The van der Waals surface area contributed by atoms with E-state index in [-0.39, 0.29) is 6.29 Å². The quantitative estimate of drug-likeness (QED) is 0.614. The van der Waals surface area contributed by atoms with Crippen molar-refractivity contribution in [2.45, 2.75) is 6.36 Å². The zero-order chi connectivity index (χ0) is 12.3. The van der Waals surface area contributed by atoms with Gasteiger partial charge in [0.2, 0.25) is 0 Å². The van der Waals surface area contributed by atoms with Gasteiger partial charge in [0.05, 0.1) is 11.1 Å². The van der Waals surface area contributed by atoms with E-state index in [0.717, 1.165) is 12.1 Å². The number of alkyl halides is 3. The van der Waals surface area contributed by atoms with Crippen LogP contribution < -0.4 is 4.74 Å². The van der Waals surface area contributed by atoms with Gasteiger partial charge in [0, 0.05) is 0 Å². The lowest BCUT2D eigenvalue weighted by atomic mass is 10.1. The Kier molecular flexibility index (Phi) is 3.54. The maximum Gasteiger partial charge on any atom is 0.573 e. The minimum absolute atomic E-state index is 0.143. The molecule has 1 aromatic carbocycles. The molecule has 3 nitrogen and oxygen atoms in total. The van der Waals surface area contributed by atoms with Crippen molar-refractivity contribution in [3.63, 3.8) is 0 Å². The first-order valence-corrected chi connectivity index (χ1v) is 4.26. The van der Waals surface area contributed by atoms with Gasteiger partial charge in [0.1, 0.15) is 0 Å². The predicted octanol–water partition coefficient (Wildman–Crippen LogP) is 2.78. The monoisotopic (exact) mass is 252 g/mol. The van der Waals surface area contributed by atoms with E-state index in [1.165, 1.54) is 6.07 Å². The summed E-state index contributed by atoms with van der Waals surface area (Å²) in [6.07, 6.45) is -4.86. The third-order valence-electron chi connectivity index (χ3n) is 1.60. The lowest BCUT2D eigenvalue weighted by Gasteiger charge is -2.12. The van der Waals surface area contributed by atoms with Crippen LogP contribution in [0.4, 0.5) is 13.2 Å². The van der Waals surface area contributed by atoms with Gasteiger partial charge in [-0.25, -0.2) is 0 Å². The summed E-state index contributed by atoms with van der Waals surface area (Å²) >= 11 is 5.06. The molecule has 0 aromatic heterocycles. The molecule has 0 atom stereocenters. The van der Waals surface area contributed by atoms with Crippen LogP contribution in [0.25, 0.3) is 0 Å². The molecule has 0 unspecified atom stereocenters. The maximum absolute atomic E-state index is 12.0. The van der Waals surface area contributed by atoms with Crippen LogP contribution >= 0.6 is 11.6 Å². The first-order chi connectivity index (χ1) is 7.35. The number of halogens is 4. The summed E-state index contributed by atoms with van der Waals surface area (Å²) in [6, 6.07) is 3.34. The molecular formula is C9H4ClF3O3. The summed E-state index contributed by atoms with van der Waals surface area (Å²) in [4.78, 5) is 21.3. The van der Waals surface area contributed by atoms with Crippen molar-refractivity contribution < 1.29 is 27.5 Å². The van der Waals surface area contributed by atoms with Crippen molar-refractivity contribution in [2.75, 3.05) is 0 Å². The molecule has 1 aromatic rings. The van der Waals surface area contributed by atoms with Crippen LogP contribution in [0.15, 0.2) is 18.2 Å². The van der Waals surface area contributed by atoms with Crippen LogP contribution in [0.2, 0.25) is 0 Å². The number of carbonyl (C=O) groups excluding carboxylic acids is 2. The van der Waals surface area contributed by atoms with Gasteiger partial charge in [-0.1, -0.05) is 6.07 Å². The van der Waals surface area contributed by atoms with E-state index < -0.39 is 28.5 Å². The summed E-state index contributed by atoms with van der Waals surface area (Å²) in [5, 5.41) is -1.14. The van der Waals surface area contributed by atoms with Crippen LogP contribution in [-0.4, -0.2) is 17.9 Å². The molecule has 0 amide bonds. The summed E-state index contributed by atoms with van der Waals surface area (Å²) in [5.41, 5.74) is -0.910. The summed E-state index contributed by atoms with van der Waals surface area (Å²) < 4.78 is 39.6. The highest BCUT2D eigenvalue weighted by Gasteiger charge is 2.34. The Morgan fingerprint density at radius 3 is 2.44 bits per heavy atom. The van der Waals surface area contributed by atoms with E-state index in [2.05, 4.69) is 4.74 Å². The molecule has 16 heavy (non-hydrogen) atoms. The van der Waals surface area contributed by atoms with Crippen LogP contribution in [0.1, 0.15) is 20.7 Å². The second-order valence-corrected chi connectivity index (χ2v) is 3.01. The van der Waals surface area contributed by atoms with Gasteiger partial charge >= 0.3 is 6.36 Å². The van der Waals surface area contributed by atoms with Crippen molar-refractivity contribution in [3.8, 4) is 5.75 Å². The standard InChI is InChI=1S/C9H4ClF3O3/c10-8(15)6-3-1-2-5(4-14)7(6)16-9(11,12)13/h1-4H. The third-order valence-corrected chi connectivity index (χ3v) is 1.81. The normalized spacial score (nSPS) is 11.0. The van der Waals surface area contributed by atoms with E-state index in [1.807, 2.05) is 0 Å². The van der Waals surface area contributed by atoms with Crippen molar-refractivity contribution in [3.05, 3.63) is 29.3 Å². The lowest BCUT2D eigenvalue weighted by Crippen LogP contribution is -2.19. The average Bonchev–Trinajstić information content (AvgIpc) is 2.15. The van der Waals surface area contributed by atoms with E-state index in [9.17, 15) is 22.8 Å². The molecule has 0 bridgehead atoms. The molecule has 0 saturated carbocycles. The second kappa shape index (κ2) is 4.52. The number of carbonyl (C=O) groups is 2. The van der Waals surface area contributed by atoms with Crippen molar-refractivity contribution >= 4 is 23.1 Å². The Hall–Kier alpha value is -1.56. The number of para-hydroxylation sites is 1. The summed E-state index contributed by atoms with van der Waals surface area (Å²) in [7, 11) is 0. The molecule has 0 radical (unpaired) electrons. The molecule has 1 rings (SSSR count). The number of aldehydes is 1. The Bertz CT molecular complexity index is 428. The zero-order valence-electron chi connectivity index (χ0n) is 7.55. The fourth-order valence-electron chi connectivity index (χ4n) is 1.03. The Morgan fingerprint density at radius 2 is 2.00 bits per heavy atom. The number of ether oxygens (including phenoxy) is 1. The van der Waals surface area contributed by atoms with Gasteiger partial charge in [0.25, 0.3) is 5.24 Å². The Balaban J connectivity index is 3.30. The zero-order valence-corrected chi connectivity index (χ0v) is 8.30. The predicted molar refractivity (Wildman–Crippen MR) is 48.7 cm³/mol. The molecule has 0 aliphatic heterocycles. The average molecular weight is 253 g/mol. The van der Waals surface area contributed by atoms with Crippen LogP contribution in [0, 0.1) is 0 Å². The van der Waals surface area contributed by atoms with Gasteiger partial charge in [-0.3, -0.25) is 9.59 Å². The first-order valence-electron chi connectivity index (χ1n) is 3.89. The van der Waals surface area contributed by atoms with Gasteiger partial charge in [-0.05, 0) is 23.7 Å². The second-order valence-electron chi connectivity index (χ2n) is 2.66. The fraction of sp³-hybridized carbons (Fsp3) is 0.111. The van der Waals surface area contributed by atoms with Crippen LogP contribution in [0.3, 0.4) is 0 Å². The summed E-state index contributed by atoms with van der Waals surface area (Å²) in [6.45, 7) is 0. The first kappa shape index (κ1) is 12.5. The number of rotatable bonds is 3. The maximum atomic E-state index is 12.0. The molecular weight excluding hydrogens is 249 g/mol. The Morgan fingerprint density at radius 1 is 1.38 bits per heavy atom. The minimum atomic E-state index is -5.00. The van der Waals surface area contributed by atoms with Crippen molar-refractivity contribution in [2.24, 2.45) is 0 Å². The van der Waals surface area contributed by atoms with Crippen molar-refractivity contribution in [1.82, 2.24) is 0 Å². The molecule has 86 valence electrons. The number of hydrogen-bond donors (Lipinski definition) is 0. The fourth-order valence-corrected chi connectivity index (χ4v) is 1.18. The van der Waals surface area contributed by atoms with E-state index in [0.29, 0.717) is 0 Å². The van der Waals surface area contributed by atoms with Crippen LogP contribution in [-0.2, 0) is 0 Å². The van der Waals surface area contributed by atoms with Gasteiger partial charge in [-0.15, -0.1) is 13.2 Å². The summed E-state index contributed by atoms with van der Waals surface area (Å²) in [5.74, 6) is -0.884. The molecule has 0 heterocycles. The lowest BCUT2D eigenvalue weighted by molar-refractivity contribution is -0.274. The van der Waals surface area contributed by atoms with Gasteiger partial charge in [-0.2, -0.15) is 0 Å². The van der Waals surface area contributed by atoms with E-state index in [1.54, 1.807) is 0 Å². The van der Waals surface area contributed by atoms with Crippen molar-refractivity contribution in [1.29, 1.82) is 0 Å². The van der Waals surface area contributed by atoms with Crippen LogP contribution in [0.5, 0.6) is 5.75 Å². The molecule has 0 aliphatic carbocycles.